The van der Waals surface area contributed by atoms with Crippen molar-refractivity contribution in [2.24, 2.45) is 0 Å². The van der Waals surface area contributed by atoms with E-state index in [1.165, 1.54) is 0 Å². The Kier molecular flexibility index (Phi) is 6.60. The van der Waals surface area contributed by atoms with Crippen LogP contribution in [-0.2, 0) is 0 Å². The number of likely N-dealkylation sites (N-methyl/N-ethyl adjacent to an activating group) is 1. The van der Waals surface area contributed by atoms with Crippen molar-refractivity contribution in [1.82, 2.24) is 4.90 Å². The largest absolute Gasteiger partial charge is 0.492 e. The molecule has 0 aliphatic rings. The molecular weight excluding hydrogens is 250 g/mol. The minimum absolute atomic E-state index is 0.277. The number of aromatic carboxylic acids is 1. The van der Waals surface area contributed by atoms with Crippen LogP contribution in [-0.4, -0.2) is 54.7 Å². The Morgan fingerprint density at radius 2 is 2.00 bits per heavy atom. The molecule has 1 rings (SSSR count). The summed E-state index contributed by atoms with van der Waals surface area (Å²) in [7, 11) is 2.06. The predicted octanol–water partition coefficient (Wildman–Crippen LogP) is 2.06. The fraction of sp³-hybridized carbons (Fsp3) is 0.462. The lowest BCUT2D eigenvalue weighted by molar-refractivity contribution is 0.0697. The zero-order chi connectivity index (χ0) is 13.4. The van der Waals surface area contributed by atoms with Crippen molar-refractivity contribution in [1.29, 1.82) is 0 Å². The first-order chi connectivity index (χ1) is 8.63. The average molecular weight is 269 g/mol. The van der Waals surface area contributed by atoms with Gasteiger partial charge in [-0.2, -0.15) is 11.8 Å². The Hall–Kier alpha value is -1.20. The molecule has 0 fully saturated rings. The highest BCUT2D eigenvalue weighted by molar-refractivity contribution is 7.98. The first-order valence-electron chi connectivity index (χ1n) is 5.77. The van der Waals surface area contributed by atoms with Gasteiger partial charge < -0.3 is 14.7 Å². The molecule has 18 heavy (non-hydrogen) atoms. The van der Waals surface area contributed by atoms with E-state index in [0.29, 0.717) is 12.4 Å². The van der Waals surface area contributed by atoms with Crippen molar-refractivity contribution >= 4 is 17.7 Å². The number of ether oxygens (including phenoxy) is 1. The van der Waals surface area contributed by atoms with Crippen LogP contribution in [0.1, 0.15) is 10.4 Å². The average Bonchev–Trinajstić information content (AvgIpc) is 2.37. The van der Waals surface area contributed by atoms with Gasteiger partial charge in [-0.1, -0.05) is 0 Å². The SMILES string of the molecule is CSCCN(C)CCOc1ccc(C(=O)O)cc1. The van der Waals surface area contributed by atoms with E-state index < -0.39 is 5.97 Å². The minimum atomic E-state index is -0.918. The van der Waals surface area contributed by atoms with Gasteiger partial charge in [-0.05, 0) is 37.6 Å². The van der Waals surface area contributed by atoms with Gasteiger partial charge in [0.25, 0.3) is 0 Å². The van der Waals surface area contributed by atoms with Crippen molar-refractivity contribution < 1.29 is 14.6 Å². The number of benzene rings is 1. The number of hydrogen-bond donors (Lipinski definition) is 1. The summed E-state index contributed by atoms with van der Waals surface area (Å²) in [5.41, 5.74) is 0.277. The van der Waals surface area contributed by atoms with E-state index >= 15 is 0 Å². The van der Waals surface area contributed by atoms with Gasteiger partial charge >= 0.3 is 5.97 Å². The number of carboxylic acids is 1. The van der Waals surface area contributed by atoms with Crippen LogP contribution in [0.25, 0.3) is 0 Å². The fourth-order valence-corrected chi connectivity index (χ4v) is 1.87. The summed E-state index contributed by atoms with van der Waals surface area (Å²) in [6.45, 7) is 2.51. The lowest BCUT2D eigenvalue weighted by atomic mass is 10.2. The standard InChI is InChI=1S/C13H19NO3S/c1-14(8-10-18-2)7-9-17-12-5-3-11(4-6-12)13(15)16/h3-6H,7-10H2,1-2H3,(H,15,16). The summed E-state index contributed by atoms with van der Waals surface area (Å²) in [5, 5.41) is 8.76. The number of carboxylic acid groups (broad SMARTS) is 1. The Morgan fingerprint density at radius 3 is 2.56 bits per heavy atom. The molecule has 0 heterocycles. The molecule has 0 aliphatic heterocycles. The summed E-state index contributed by atoms with van der Waals surface area (Å²) < 4.78 is 5.55. The van der Waals surface area contributed by atoms with Gasteiger partial charge in [0.1, 0.15) is 12.4 Å². The van der Waals surface area contributed by atoms with E-state index in [-0.39, 0.29) is 5.56 Å². The Morgan fingerprint density at radius 1 is 1.33 bits per heavy atom. The number of thioether (sulfide) groups is 1. The minimum Gasteiger partial charge on any atom is -0.492 e. The third-order valence-corrected chi connectivity index (χ3v) is 3.11. The first-order valence-corrected chi connectivity index (χ1v) is 7.16. The third kappa shape index (κ3) is 5.42. The number of nitrogens with zero attached hydrogens (tertiary/aromatic N) is 1. The normalized spacial score (nSPS) is 10.6. The maximum absolute atomic E-state index is 10.7. The van der Waals surface area contributed by atoms with Crippen LogP contribution in [0.5, 0.6) is 5.75 Å². The first kappa shape index (κ1) is 14.9. The van der Waals surface area contributed by atoms with E-state index in [2.05, 4.69) is 18.2 Å². The van der Waals surface area contributed by atoms with Crippen molar-refractivity contribution in [3.8, 4) is 5.75 Å². The molecule has 1 aromatic rings. The van der Waals surface area contributed by atoms with Gasteiger partial charge in [0.15, 0.2) is 0 Å². The van der Waals surface area contributed by atoms with Crippen LogP contribution in [0.15, 0.2) is 24.3 Å². The second-order valence-electron chi connectivity index (χ2n) is 3.97. The topological polar surface area (TPSA) is 49.8 Å². The quantitative estimate of drug-likeness (QED) is 0.783. The van der Waals surface area contributed by atoms with Crippen molar-refractivity contribution in [3.63, 3.8) is 0 Å². The summed E-state index contributed by atoms with van der Waals surface area (Å²) in [5.74, 6) is 0.903. The van der Waals surface area contributed by atoms with Crippen LogP contribution < -0.4 is 4.74 Å². The maximum atomic E-state index is 10.7. The second-order valence-corrected chi connectivity index (χ2v) is 4.96. The molecule has 4 nitrogen and oxygen atoms in total. The molecule has 1 N–H and O–H groups in total. The summed E-state index contributed by atoms with van der Waals surface area (Å²) in [6.07, 6.45) is 2.09. The summed E-state index contributed by atoms with van der Waals surface area (Å²) in [4.78, 5) is 12.9. The fourth-order valence-electron chi connectivity index (χ4n) is 1.37. The van der Waals surface area contributed by atoms with E-state index in [1.54, 1.807) is 24.3 Å². The number of rotatable bonds is 8. The van der Waals surface area contributed by atoms with Crippen LogP contribution in [0.3, 0.4) is 0 Å². The molecule has 0 aliphatic carbocycles. The molecule has 0 amide bonds. The highest BCUT2D eigenvalue weighted by Crippen LogP contribution is 2.12. The Labute approximate surface area is 112 Å². The summed E-state index contributed by atoms with van der Waals surface area (Å²) >= 11 is 1.83. The van der Waals surface area contributed by atoms with Gasteiger partial charge in [-0.25, -0.2) is 4.79 Å². The van der Waals surface area contributed by atoms with Crippen molar-refractivity contribution in [3.05, 3.63) is 29.8 Å². The molecule has 0 atom stereocenters. The number of carbonyl (C=O) groups is 1. The molecule has 0 unspecified atom stereocenters. The Bertz CT molecular complexity index is 367. The van der Waals surface area contributed by atoms with Gasteiger partial charge in [-0.3, -0.25) is 0 Å². The maximum Gasteiger partial charge on any atom is 0.335 e. The summed E-state index contributed by atoms with van der Waals surface area (Å²) in [6, 6.07) is 6.47. The lowest BCUT2D eigenvalue weighted by Crippen LogP contribution is -2.26. The van der Waals surface area contributed by atoms with E-state index in [9.17, 15) is 4.79 Å². The molecule has 100 valence electrons. The van der Waals surface area contributed by atoms with E-state index in [1.807, 2.05) is 11.8 Å². The third-order valence-electron chi connectivity index (χ3n) is 2.52. The molecule has 1 aromatic carbocycles. The zero-order valence-corrected chi connectivity index (χ0v) is 11.6. The van der Waals surface area contributed by atoms with E-state index in [4.69, 9.17) is 9.84 Å². The molecule has 0 bridgehead atoms. The highest BCUT2D eigenvalue weighted by atomic mass is 32.2. The molecule has 0 saturated carbocycles. The van der Waals surface area contributed by atoms with Crippen molar-refractivity contribution in [2.75, 3.05) is 38.8 Å². The molecule has 0 radical (unpaired) electrons. The van der Waals surface area contributed by atoms with Gasteiger partial charge in [0, 0.05) is 18.8 Å². The lowest BCUT2D eigenvalue weighted by Gasteiger charge is -2.16. The molecule has 0 saturated heterocycles. The van der Waals surface area contributed by atoms with Crippen molar-refractivity contribution in [2.45, 2.75) is 0 Å². The smallest absolute Gasteiger partial charge is 0.335 e. The van der Waals surface area contributed by atoms with Crippen LogP contribution in [0.2, 0.25) is 0 Å². The number of hydrogen-bond acceptors (Lipinski definition) is 4. The molecule has 5 heteroatoms. The Balaban J connectivity index is 2.29. The van der Waals surface area contributed by atoms with Gasteiger partial charge in [0.2, 0.25) is 0 Å². The van der Waals surface area contributed by atoms with E-state index in [0.717, 1.165) is 18.8 Å². The second kappa shape index (κ2) is 8.00. The predicted molar refractivity (Wildman–Crippen MR) is 74.8 cm³/mol. The molecular formula is C13H19NO3S. The van der Waals surface area contributed by atoms with Crippen LogP contribution in [0.4, 0.5) is 0 Å². The van der Waals surface area contributed by atoms with Crippen LogP contribution >= 0.6 is 11.8 Å². The highest BCUT2D eigenvalue weighted by Gasteiger charge is 2.02. The molecule has 0 spiro atoms. The van der Waals surface area contributed by atoms with Gasteiger partial charge in [-0.15, -0.1) is 0 Å². The zero-order valence-electron chi connectivity index (χ0n) is 10.8. The van der Waals surface area contributed by atoms with Gasteiger partial charge in [0.05, 0.1) is 5.56 Å². The molecule has 0 aromatic heterocycles. The van der Waals surface area contributed by atoms with Crippen LogP contribution in [0, 0.1) is 0 Å². The monoisotopic (exact) mass is 269 g/mol.